The summed E-state index contributed by atoms with van der Waals surface area (Å²) in [7, 11) is 0. The van der Waals surface area contributed by atoms with E-state index in [9.17, 15) is 9.18 Å². The molecule has 9 nitrogen and oxygen atoms in total. The topological polar surface area (TPSA) is 122 Å². The zero-order valence-electron chi connectivity index (χ0n) is 20.4. The number of aromatic amines is 1. The van der Waals surface area contributed by atoms with Gasteiger partial charge in [-0.1, -0.05) is 11.8 Å². The maximum Gasteiger partial charge on any atom is 0.273 e. The highest BCUT2D eigenvalue weighted by atomic mass is 19.1. The first-order chi connectivity index (χ1) is 18.6. The Balaban J connectivity index is 1.06. The average molecular weight is 510 g/mol. The number of nitrogens with zero attached hydrogens (tertiary/aromatic N) is 4. The number of nitrogens with one attached hydrogen (secondary N) is 3. The summed E-state index contributed by atoms with van der Waals surface area (Å²) in [5, 5.41) is 5.92. The summed E-state index contributed by atoms with van der Waals surface area (Å²) < 4.78 is 19.0. The van der Waals surface area contributed by atoms with E-state index in [0.29, 0.717) is 31.8 Å². The van der Waals surface area contributed by atoms with Gasteiger partial charge in [0.05, 0.1) is 23.3 Å². The Kier molecular flexibility index (Phi) is 7.77. The normalized spacial score (nSPS) is 10.8. The minimum absolute atomic E-state index is 0.0306. The van der Waals surface area contributed by atoms with Gasteiger partial charge in [-0.05, 0) is 42.5 Å². The molecule has 0 spiro atoms. The largest absolute Gasteiger partial charge is 0.448 e. The zero-order valence-corrected chi connectivity index (χ0v) is 20.4. The predicted molar refractivity (Wildman–Crippen MR) is 138 cm³/mol. The Bertz CT molecular complexity index is 1600. The van der Waals surface area contributed by atoms with Crippen LogP contribution in [0.1, 0.15) is 39.0 Å². The second-order valence-electron chi connectivity index (χ2n) is 8.40. The first-order valence-corrected chi connectivity index (χ1v) is 12.1. The molecule has 190 valence electrons. The molecule has 4 heterocycles. The molecule has 0 unspecified atom stereocenters. The molecular formula is C28H24FN7O2. The lowest BCUT2D eigenvalue weighted by Gasteiger charge is -2.03. The van der Waals surface area contributed by atoms with Crippen LogP contribution < -0.4 is 10.6 Å². The van der Waals surface area contributed by atoms with Gasteiger partial charge in [0.1, 0.15) is 17.9 Å². The van der Waals surface area contributed by atoms with Gasteiger partial charge in [-0.25, -0.2) is 14.4 Å². The number of amides is 1. The number of fused-ring (bicyclic) bond motifs is 1. The summed E-state index contributed by atoms with van der Waals surface area (Å²) in [6.45, 7) is 1.30. The minimum atomic E-state index is -0.474. The van der Waals surface area contributed by atoms with E-state index in [1.165, 1.54) is 24.6 Å². The fourth-order valence-electron chi connectivity index (χ4n) is 3.70. The highest BCUT2D eigenvalue weighted by Gasteiger charge is 2.13. The van der Waals surface area contributed by atoms with Crippen molar-refractivity contribution >= 4 is 16.9 Å². The van der Waals surface area contributed by atoms with Crippen LogP contribution in [0.2, 0.25) is 0 Å². The smallest absolute Gasteiger partial charge is 0.273 e. The van der Waals surface area contributed by atoms with E-state index in [1.807, 2.05) is 30.3 Å². The quantitative estimate of drug-likeness (QED) is 0.206. The Morgan fingerprint density at radius 3 is 2.76 bits per heavy atom. The number of benzene rings is 1. The molecule has 0 aliphatic rings. The third-order valence-corrected chi connectivity index (χ3v) is 5.63. The Labute approximate surface area is 218 Å². The monoisotopic (exact) mass is 509 g/mol. The number of H-pyrrole nitrogens is 1. The van der Waals surface area contributed by atoms with Crippen molar-refractivity contribution in [2.24, 2.45) is 0 Å². The molecule has 0 aliphatic heterocycles. The molecule has 4 aromatic heterocycles. The molecule has 0 bridgehead atoms. The fraction of sp³-hybridized carbons (Fsp3) is 0.179. The lowest BCUT2D eigenvalue weighted by atomic mass is 10.2. The van der Waals surface area contributed by atoms with Crippen molar-refractivity contribution in [1.82, 2.24) is 35.6 Å². The number of pyridine rings is 2. The molecular weight excluding hydrogens is 485 g/mol. The number of oxazole rings is 1. The van der Waals surface area contributed by atoms with Gasteiger partial charge in [-0.3, -0.25) is 14.8 Å². The summed E-state index contributed by atoms with van der Waals surface area (Å²) in [6.07, 6.45) is 7.45. The molecule has 0 atom stereocenters. The third kappa shape index (κ3) is 6.46. The summed E-state index contributed by atoms with van der Waals surface area (Å²) >= 11 is 0. The molecule has 0 fully saturated rings. The van der Waals surface area contributed by atoms with Crippen LogP contribution in [-0.2, 0) is 19.4 Å². The highest BCUT2D eigenvalue weighted by Crippen LogP contribution is 2.14. The number of imidazole rings is 1. The van der Waals surface area contributed by atoms with Crippen LogP contribution >= 0.6 is 0 Å². The second kappa shape index (κ2) is 11.9. The van der Waals surface area contributed by atoms with Crippen LogP contribution in [0, 0.1) is 17.7 Å². The first-order valence-electron chi connectivity index (χ1n) is 12.1. The van der Waals surface area contributed by atoms with Crippen molar-refractivity contribution in [3.63, 3.8) is 0 Å². The van der Waals surface area contributed by atoms with E-state index in [4.69, 9.17) is 4.42 Å². The Morgan fingerprint density at radius 1 is 1.03 bits per heavy atom. The number of carbonyl (C=O) groups excluding carboxylic acids is 1. The molecule has 0 saturated heterocycles. The molecule has 1 amide bonds. The maximum absolute atomic E-state index is 13.6. The Hall–Kier alpha value is -4.88. The van der Waals surface area contributed by atoms with Crippen LogP contribution in [0.4, 0.5) is 4.39 Å². The number of hydrogen-bond acceptors (Lipinski definition) is 7. The third-order valence-electron chi connectivity index (χ3n) is 5.63. The molecule has 0 radical (unpaired) electrons. The first kappa shape index (κ1) is 24.8. The highest BCUT2D eigenvalue weighted by molar-refractivity contribution is 5.91. The van der Waals surface area contributed by atoms with Gasteiger partial charge in [0.25, 0.3) is 5.91 Å². The standard InChI is InChI=1S/C28H24FN7O2/c29-21-4-2-12-32-24(21)17-33-28(37)25-18-38-27(36-25)10-14-30-13-9-26-34-22-8-7-19(15-23(22)35-26)5-6-20-3-1-11-31-16-20/h1-4,7-8,11-12,15-16,18,30H,9-10,13-14,17H2,(H,33,37)(H,34,35). The van der Waals surface area contributed by atoms with Crippen molar-refractivity contribution in [2.75, 3.05) is 13.1 Å². The number of rotatable bonds is 9. The van der Waals surface area contributed by atoms with Crippen molar-refractivity contribution in [3.8, 4) is 11.8 Å². The van der Waals surface area contributed by atoms with Gasteiger partial charge in [0, 0.05) is 55.6 Å². The fourth-order valence-corrected chi connectivity index (χ4v) is 3.70. The van der Waals surface area contributed by atoms with Gasteiger partial charge < -0.3 is 20.0 Å². The van der Waals surface area contributed by atoms with E-state index in [0.717, 1.165) is 28.0 Å². The van der Waals surface area contributed by atoms with Crippen LogP contribution in [0.5, 0.6) is 0 Å². The van der Waals surface area contributed by atoms with Crippen molar-refractivity contribution in [3.05, 3.63) is 107 Å². The summed E-state index contributed by atoms with van der Waals surface area (Å²) in [6, 6.07) is 12.5. The van der Waals surface area contributed by atoms with E-state index in [2.05, 4.69) is 47.4 Å². The zero-order chi connectivity index (χ0) is 26.2. The molecule has 5 aromatic rings. The van der Waals surface area contributed by atoms with Crippen molar-refractivity contribution in [2.45, 2.75) is 19.4 Å². The van der Waals surface area contributed by atoms with E-state index in [-0.39, 0.29) is 17.9 Å². The molecule has 1 aromatic carbocycles. The Morgan fingerprint density at radius 2 is 1.89 bits per heavy atom. The average Bonchev–Trinajstić information content (AvgIpc) is 3.58. The SMILES string of the molecule is O=C(NCc1ncccc1F)c1coc(CCNCCc2nc3cc(C#Cc4cccnc4)ccc3[nH]2)n1. The summed E-state index contributed by atoms with van der Waals surface area (Å²) in [4.78, 5) is 32.4. The molecule has 0 aliphatic carbocycles. The van der Waals surface area contributed by atoms with Crippen molar-refractivity contribution in [1.29, 1.82) is 0 Å². The number of hydrogen-bond donors (Lipinski definition) is 3. The lowest BCUT2D eigenvalue weighted by Crippen LogP contribution is -2.24. The predicted octanol–water partition coefficient (Wildman–Crippen LogP) is 3.18. The lowest BCUT2D eigenvalue weighted by molar-refractivity contribution is 0.0945. The van der Waals surface area contributed by atoms with Crippen LogP contribution in [0.25, 0.3) is 11.0 Å². The van der Waals surface area contributed by atoms with Gasteiger partial charge >= 0.3 is 0 Å². The minimum Gasteiger partial charge on any atom is -0.448 e. The molecule has 0 saturated carbocycles. The van der Waals surface area contributed by atoms with E-state index in [1.54, 1.807) is 12.4 Å². The molecule has 5 rings (SSSR count). The number of carbonyl (C=O) groups is 1. The molecule has 3 N–H and O–H groups in total. The van der Waals surface area contributed by atoms with Crippen LogP contribution in [0.3, 0.4) is 0 Å². The van der Waals surface area contributed by atoms with Crippen molar-refractivity contribution < 1.29 is 13.6 Å². The number of halogens is 1. The van der Waals surface area contributed by atoms with E-state index < -0.39 is 11.7 Å². The van der Waals surface area contributed by atoms with Gasteiger partial charge in [0.2, 0.25) is 0 Å². The molecule has 10 heteroatoms. The van der Waals surface area contributed by atoms with Gasteiger partial charge in [-0.15, -0.1) is 0 Å². The molecule has 38 heavy (non-hydrogen) atoms. The van der Waals surface area contributed by atoms with Gasteiger partial charge in [-0.2, -0.15) is 0 Å². The second-order valence-corrected chi connectivity index (χ2v) is 8.40. The number of aromatic nitrogens is 5. The van der Waals surface area contributed by atoms with Gasteiger partial charge in [0.15, 0.2) is 11.6 Å². The van der Waals surface area contributed by atoms with E-state index >= 15 is 0 Å². The maximum atomic E-state index is 13.6. The van der Waals surface area contributed by atoms with Crippen LogP contribution in [0.15, 0.2) is 71.7 Å². The van der Waals surface area contributed by atoms with Crippen LogP contribution in [-0.4, -0.2) is 43.9 Å². The summed E-state index contributed by atoms with van der Waals surface area (Å²) in [5.41, 5.74) is 3.89. The summed E-state index contributed by atoms with van der Waals surface area (Å²) in [5.74, 6) is 6.65.